The summed E-state index contributed by atoms with van der Waals surface area (Å²) in [5, 5.41) is 5.35. The van der Waals surface area contributed by atoms with Crippen LogP contribution in [-0.2, 0) is 6.54 Å². The van der Waals surface area contributed by atoms with E-state index >= 15 is 0 Å². The van der Waals surface area contributed by atoms with E-state index in [9.17, 15) is 0 Å². The molecule has 0 saturated heterocycles. The molecule has 3 nitrogen and oxygen atoms in total. The largest absolute Gasteiger partial charge is 0.494 e. The second kappa shape index (κ2) is 5.51. The van der Waals surface area contributed by atoms with Crippen molar-refractivity contribution in [2.75, 3.05) is 11.9 Å². The molecular formula is C12H14N2OS. The summed E-state index contributed by atoms with van der Waals surface area (Å²) in [6.07, 6.45) is 0. The van der Waals surface area contributed by atoms with Crippen LogP contribution >= 0.6 is 11.3 Å². The van der Waals surface area contributed by atoms with Crippen molar-refractivity contribution in [1.29, 1.82) is 0 Å². The number of nitrogens with zero attached hydrogens (tertiary/aromatic N) is 1. The first kappa shape index (κ1) is 11.0. The Bertz CT molecular complexity index is 428. The molecule has 0 amide bonds. The maximum Gasteiger partial charge on any atom is 0.121 e. The van der Waals surface area contributed by atoms with E-state index in [0.717, 1.165) is 23.7 Å². The Morgan fingerprint density at radius 2 is 2.38 bits per heavy atom. The first-order valence-corrected chi connectivity index (χ1v) is 6.16. The van der Waals surface area contributed by atoms with Crippen LogP contribution in [0.3, 0.4) is 0 Å². The number of aromatic nitrogens is 1. The molecule has 0 bridgehead atoms. The average Bonchev–Trinajstić information content (AvgIpc) is 2.80. The fourth-order valence-electron chi connectivity index (χ4n) is 1.38. The van der Waals surface area contributed by atoms with Crippen molar-refractivity contribution < 1.29 is 4.74 Å². The van der Waals surface area contributed by atoms with Crippen LogP contribution in [0.2, 0.25) is 0 Å². The van der Waals surface area contributed by atoms with Crippen molar-refractivity contribution in [3.8, 4) is 5.75 Å². The molecule has 0 radical (unpaired) electrons. The summed E-state index contributed by atoms with van der Waals surface area (Å²) in [6.45, 7) is 3.42. The lowest BCUT2D eigenvalue weighted by Crippen LogP contribution is -2.00. The topological polar surface area (TPSA) is 34.1 Å². The molecule has 0 aliphatic carbocycles. The summed E-state index contributed by atoms with van der Waals surface area (Å²) in [7, 11) is 0. The number of nitrogens with one attached hydrogen (secondary N) is 1. The lowest BCUT2D eigenvalue weighted by molar-refractivity contribution is 0.340. The molecule has 0 fully saturated rings. The Balaban J connectivity index is 1.96. The van der Waals surface area contributed by atoms with Crippen LogP contribution in [0, 0.1) is 0 Å². The molecule has 16 heavy (non-hydrogen) atoms. The van der Waals surface area contributed by atoms with Crippen LogP contribution in [-0.4, -0.2) is 11.6 Å². The van der Waals surface area contributed by atoms with Gasteiger partial charge in [-0.15, -0.1) is 11.3 Å². The van der Waals surface area contributed by atoms with Gasteiger partial charge >= 0.3 is 0 Å². The smallest absolute Gasteiger partial charge is 0.121 e. The Kier molecular flexibility index (Phi) is 3.77. The summed E-state index contributed by atoms with van der Waals surface area (Å²) in [5.41, 5.74) is 3.96. The minimum atomic E-state index is 0.690. The van der Waals surface area contributed by atoms with Crippen LogP contribution in [0.15, 0.2) is 35.2 Å². The molecule has 1 aromatic carbocycles. The number of ether oxygens (including phenoxy) is 1. The van der Waals surface area contributed by atoms with Crippen LogP contribution in [0.5, 0.6) is 5.75 Å². The van der Waals surface area contributed by atoms with Gasteiger partial charge in [0.25, 0.3) is 0 Å². The van der Waals surface area contributed by atoms with Gasteiger partial charge in [-0.3, -0.25) is 0 Å². The minimum absolute atomic E-state index is 0.690. The van der Waals surface area contributed by atoms with Crippen molar-refractivity contribution in [2.24, 2.45) is 0 Å². The fourth-order valence-corrected chi connectivity index (χ4v) is 1.94. The third kappa shape index (κ3) is 2.97. The van der Waals surface area contributed by atoms with E-state index in [4.69, 9.17) is 4.74 Å². The van der Waals surface area contributed by atoms with E-state index in [1.807, 2.05) is 42.1 Å². The summed E-state index contributed by atoms with van der Waals surface area (Å²) < 4.78 is 5.43. The molecule has 0 aliphatic rings. The molecule has 0 spiro atoms. The van der Waals surface area contributed by atoms with Crippen molar-refractivity contribution in [1.82, 2.24) is 4.98 Å². The molecule has 1 N–H and O–H groups in total. The van der Waals surface area contributed by atoms with Gasteiger partial charge < -0.3 is 10.1 Å². The molecule has 2 rings (SSSR count). The van der Waals surface area contributed by atoms with E-state index in [1.54, 1.807) is 11.3 Å². The zero-order chi connectivity index (χ0) is 11.2. The minimum Gasteiger partial charge on any atom is -0.494 e. The molecule has 4 heteroatoms. The van der Waals surface area contributed by atoms with Gasteiger partial charge in [0.1, 0.15) is 5.75 Å². The third-order valence-corrected chi connectivity index (χ3v) is 2.74. The Hall–Kier alpha value is -1.55. The van der Waals surface area contributed by atoms with Crippen LogP contribution in [0.4, 0.5) is 5.69 Å². The number of rotatable bonds is 5. The number of hydrogen-bond acceptors (Lipinski definition) is 4. The normalized spacial score (nSPS) is 10.1. The molecule has 0 unspecified atom stereocenters. The zero-order valence-electron chi connectivity index (χ0n) is 9.14. The summed E-state index contributed by atoms with van der Waals surface area (Å²) >= 11 is 1.61. The van der Waals surface area contributed by atoms with Gasteiger partial charge in [0.2, 0.25) is 0 Å². The Labute approximate surface area is 99.1 Å². The molecular weight excluding hydrogens is 220 g/mol. The van der Waals surface area contributed by atoms with Gasteiger partial charge in [-0.25, -0.2) is 4.98 Å². The van der Waals surface area contributed by atoms with E-state index < -0.39 is 0 Å². The molecule has 2 aromatic rings. The Morgan fingerprint density at radius 1 is 1.44 bits per heavy atom. The predicted molar refractivity (Wildman–Crippen MR) is 67.1 cm³/mol. The SMILES string of the molecule is CCOc1cccc(NCc2cscn2)c1. The monoisotopic (exact) mass is 234 g/mol. The molecule has 0 aliphatic heterocycles. The van der Waals surface area contributed by atoms with Crippen LogP contribution < -0.4 is 10.1 Å². The molecule has 84 valence electrons. The zero-order valence-corrected chi connectivity index (χ0v) is 9.96. The van der Waals surface area contributed by atoms with Gasteiger partial charge in [-0.2, -0.15) is 0 Å². The van der Waals surface area contributed by atoms with Gasteiger partial charge in [0.05, 0.1) is 24.4 Å². The van der Waals surface area contributed by atoms with Gasteiger partial charge in [0, 0.05) is 17.1 Å². The lowest BCUT2D eigenvalue weighted by atomic mass is 10.3. The standard InChI is InChI=1S/C12H14N2OS/c1-2-15-12-5-3-4-10(6-12)13-7-11-8-16-9-14-11/h3-6,8-9,13H,2,7H2,1H3. The number of anilines is 1. The number of benzene rings is 1. The maximum absolute atomic E-state index is 5.43. The summed E-state index contributed by atoms with van der Waals surface area (Å²) in [5.74, 6) is 0.894. The average molecular weight is 234 g/mol. The fraction of sp³-hybridized carbons (Fsp3) is 0.250. The lowest BCUT2D eigenvalue weighted by Gasteiger charge is -2.07. The van der Waals surface area contributed by atoms with Gasteiger partial charge in [0.15, 0.2) is 0 Å². The second-order valence-corrected chi connectivity index (χ2v) is 4.01. The Morgan fingerprint density at radius 3 is 3.12 bits per heavy atom. The maximum atomic E-state index is 5.43. The first-order valence-electron chi connectivity index (χ1n) is 5.22. The van der Waals surface area contributed by atoms with Crippen molar-refractivity contribution in [2.45, 2.75) is 13.5 Å². The van der Waals surface area contributed by atoms with E-state index in [-0.39, 0.29) is 0 Å². The first-order chi connectivity index (χ1) is 7.88. The molecule has 1 aromatic heterocycles. The molecule has 0 saturated carbocycles. The van der Waals surface area contributed by atoms with Gasteiger partial charge in [-0.1, -0.05) is 6.07 Å². The molecule has 1 heterocycles. The van der Waals surface area contributed by atoms with E-state index in [2.05, 4.69) is 10.3 Å². The predicted octanol–water partition coefficient (Wildman–Crippen LogP) is 3.15. The summed E-state index contributed by atoms with van der Waals surface area (Å²) in [4.78, 5) is 4.21. The quantitative estimate of drug-likeness (QED) is 0.863. The second-order valence-electron chi connectivity index (χ2n) is 3.29. The van der Waals surface area contributed by atoms with Gasteiger partial charge in [-0.05, 0) is 19.1 Å². The highest BCUT2D eigenvalue weighted by Gasteiger charge is 1.97. The van der Waals surface area contributed by atoms with Crippen molar-refractivity contribution >= 4 is 17.0 Å². The number of hydrogen-bond donors (Lipinski definition) is 1. The van der Waals surface area contributed by atoms with Crippen molar-refractivity contribution in [3.63, 3.8) is 0 Å². The highest BCUT2D eigenvalue weighted by molar-refractivity contribution is 7.07. The van der Waals surface area contributed by atoms with E-state index in [0.29, 0.717) is 6.61 Å². The van der Waals surface area contributed by atoms with Crippen molar-refractivity contribution in [3.05, 3.63) is 40.8 Å². The van der Waals surface area contributed by atoms with Crippen LogP contribution in [0.1, 0.15) is 12.6 Å². The third-order valence-electron chi connectivity index (χ3n) is 2.10. The highest BCUT2D eigenvalue weighted by Crippen LogP contribution is 2.17. The van der Waals surface area contributed by atoms with E-state index in [1.165, 1.54) is 0 Å². The molecule has 0 atom stereocenters. The number of thiazole rings is 1. The highest BCUT2D eigenvalue weighted by atomic mass is 32.1. The summed E-state index contributed by atoms with van der Waals surface area (Å²) in [6, 6.07) is 7.96. The van der Waals surface area contributed by atoms with Crippen LogP contribution in [0.25, 0.3) is 0 Å².